The maximum absolute atomic E-state index is 12.3. The van der Waals surface area contributed by atoms with E-state index in [-0.39, 0.29) is 11.7 Å². The Labute approximate surface area is 117 Å². The minimum Gasteiger partial charge on any atom is -0.346 e. The molecule has 1 atom stereocenters. The molecule has 1 aliphatic rings. The third-order valence-electron chi connectivity index (χ3n) is 3.60. The van der Waals surface area contributed by atoms with Crippen LogP contribution in [0.3, 0.4) is 0 Å². The zero-order chi connectivity index (χ0) is 14.1. The molecule has 2 aromatic rings. The Hall–Kier alpha value is -2.42. The first-order valence-corrected chi connectivity index (χ1v) is 6.65. The highest BCUT2D eigenvalue weighted by Crippen LogP contribution is 2.28. The number of amides is 1. The van der Waals surface area contributed by atoms with E-state index in [0.29, 0.717) is 6.42 Å². The van der Waals surface area contributed by atoms with Gasteiger partial charge in [-0.1, -0.05) is 42.5 Å². The predicted molar refractivity (Wildman–Crippen MR) is 77.5 cm³/mol. The second-order valence-corrected chi connectivity index (χ2v) is 5.06. The molecule has 0 unspecified atom stereocenters. The smallest absolute Gasteiger partial charge is 0.217 e. The van der Waals surface area contributed by atoms with Crippen LogP contribution in [0.5, 0.6) is 0 Å². The van der Waals surface area contributed by atoms with Gasteiger partial charge in [0.05, 0.1) is 6.04 Å². The summed E-state index contributed by atoms with van der Waals surface area (Å²) in [6.45, 7) is 1.44. The van der Waals surface area contributed by atoms with Gasteiger partial charge in [-0.3, -0.25) is 9.59 Å². The molecular weight excluding hydrogens is 250 g/mol. The van der Waals surface area contributed by atoms with E-state index in [4.69, 9.17) is 0 Å². The van der Waals surface area contributed by atoms with Crippen LogP contribution in [-0.4, -0.2) is 17.7 Å². The van der Waals surface area contributed by atoms with Crippen molar-refractivity contribution in [3.05, 3.63) is 59.7 Å². The van der Waals surface area contributed by atoms with Crippen LogP contribution in [0.1, 0.15) is 22.8 Å². The molecule has 1 N–H and O–H groups in total. The van der Waals surface area contributed by atoms with E-state index in [2.05, 4.69) is 5.32 Å². The number of carbonyl (C=O) groups is 2. The fraction of sp³-hybridized carbons (Fsp3) is 0.176. The summed E-state index contributed by atoms with van der Waals surface area (Å²) in [6.07, 6.45) is 0.586. The summed E-state index contributed by atoms with van der Waals surface area (Å²) in [5.41, 5.74) is 3.85. The van der Waals surface area contributed by atoms with Gasteiger partial charge in [0.25, 0.3) is 0 Å². The quantitative estimate of drug-likeness (QED) is 0.907. The maximum Gasteiger partial charge on any atom is 0.217 e. The van der Waals surface area contributed by atoms with E-state index < -0.39 is 6.04 Å². The molecule has 3 heteroatoms. The molecule has 0 aliphatic heterocycles. The van der Waals surface area contributed by atoms with Crippen LogP contribution in [0.25, 0.3) is 11.1 Å². The first kappa shape index (κ1) is 12.6. The van der Waals surface area contributed by atoms with Gasteiger partial charge in [0.1, 0.15) is 0 Å². The molecule has 0 aromatic heterocycles. The highest BCUT2D eigenvalue weighted by atomic mass is 16.2. The molecule has 1 amide bonds. The van der Waals surface area contributed by atoms with Crippen molar-refractivity contribution in [2.24, 2.45) is 0 Å². The number of benzene rings is 2. The summed E-state index contributed by atoms with van der Waals surface area (Å²) >= 11 is 0. The molecule has 1 aliphatic carbocycles. The van der Waals surface area contributed by atoms with Crippen LogP contribution < -0.4 is 5.32 Å². The van der Waals surface area contributed by atoms with Crippen LogP contribution in [0.4, 0.5) is 0 Å². The summed E-state index contributed by atoms with van der Waals surface area (Å²) < 4.78 is 0. The molecule has 0 spiro atoms. The van der Waals surface area contributed by atoms with Crippen molar-refractivity contribution in [3.63, 3.8) is 0 Å². The highest BCUT2D eigenvalue weighted by Gasteiger charge is 2.31. The molecule has 0 heterocycles. The van der Waals surface area contributed by atoms with E-state index in [0.717, 1.165) is 22.3 Å². The number of hydrogen-bond acceptors (Lipinski definition) is 2. The number of carbonyl (C=O) groups excluding carboxylic acids is 2. The Morgan fingerprint density at radius 3 is 2.55 bits per heavy atom. The van der Waals surface area contributed by atoms with Gasteiger partial charge < -0.3 is 5.32 Å². The summed E-state index contributed by atoms with van der Waals surface area (Å²) in [5, 5.41) is 2.71. The summed E-state index contributed by atoms with van der Waals surface area (Å²) in [5.74, 6) is -0.160. The average Bonchev–Trinajstić information content (AvgIpc) is 2.75. The zero-order valence-corrected chi connectivity index (χ0v) is 11.2. The lowest BCUT2D eigenvalue weighted by Gasteiger charge is -2.07. The van der Waals surface area contributed by atoms with Gasteiger partial charge in [0, 0.05) is 18.9 Å². The molecule has 3 rings (SSSR count). The van der Waals surface area contributed by atoms with E-state index in [9.17, 15) is 9.59 Å². The number of nitrogens with one attached hydrogen (secondary N) is 1. The Morgan fingerprint density at radius 1 is 1.10 bits per heavy atom. The van der Waals surface area contributed by atoms with E-state index >= 15 is 0 Å². The Morgan fingerprint density at radius 2 is 1.85 bits per heavy atom. The van der Waals surface area contributed by atoms with Gasteiger partial charge in [-0.2, -0.15) is 0 Å². The molecule has 3 nitrogen and oxygen atoms in total. The number of hydrogen-bond donors (Lipinski definition) is 1. The number of rotatable bonds is 2. The van der Waals surface area contributed by atoms with E-state index in [1.807, 2.05) is 48.5 Å². The lowest BCUT2D eigenvalue weighted by Crippen LogP contribution is -2.37. The molecule has 100 valence electrons. The molecule has 0 radical (unpaired) electrons. The first-order chi connectivity index (χ1) is 9.65. The van der Waals surface area contributed by atoms with Crippen molar-refractivity contribution < 1.29 is 9.59 Å². The van der Waals surface area contributed by atoms with Gasteiger partial charge >= 0.3 is 0 Å². The molecular formula is C17H15NO2. The molecule has 2 aromatic carbocycles. The molecule has 0 saturated heterocycles. The second-order valence-electron chi connectivity index (χ2n) is 5.06. The number of Topliss-reactive ketones (excluding diaryl/α,β-unsaturated/α-hetero) is 1. The van der Waals surface area contributed by atoms with Crippen LogP contribution in [-0.2, 0) is 11.2 Å². The van der Waals surface area contributed by atoms with Crippen molar-refractivity contribution in [1.82, 2.24) is 5.32 Å². The zero-order valence-electron chi connectivity index (χ0n) is 11.2. The van der Waals surface area contributed by atoms with Crippen molar-refractivity contribution >= 4 is 11.7 Å². The lowest BCUT2D eigenvalue weighted by atomic mass is 10.0. The average molecular weight is 265 g/mol. The topological polar surface area (TPSA) is 46.2 Å². The van der Waals surface area contributed by atoms with Crippen LogP contribution in [0.2, 0.25) is 0 Å². The van der Waals surface area contributed by atoms with Crippen molar-refractivity contribution in [2.75, 3.05) is 0 Å². The third kappa shape index (κ3) is 2.23. The largest absolute Gasteiger partial charge is 0.346 e. The third-order valence-corrected chi connectivity index (χ3v) is 3.60. The summed E-state index contributed by atoms with van der Waals surface area (Å²) in [6, 6.07) is 15.5. The molecule has 0 saturated carbocycles. The molecule has 0 bridgehead atoms. The molecule has 0 fully saturated rings. The first-order valence-electron chi connectivity index (χ1n) is 6.65. The van der Waals surface area contributed by atoms with Crippen molar-refractivity contribution in [1.29, 1.82) is 0 Å². The highest BCUT2D eigenvalue weighted by molar-refractivity contribution is 6.06. The van der Waals surface area contributed by atoms with Gasteiger partial charge in [-0.05, 0) is 22.8 Å². The van der Waals surface area contributed by atoms with Gasteiger partial charge in [-0.15, -0.1) is 0 Å². The Kier molecular flexibility index (Phi) is 3.11. The predicted octanol–water partition coefficient (Wildman–Crippen LogP) is 2.60. The van der Waals surface area contributed by atoms with E-state index in [1.165, 1.54) is 6.92 Å². The fourth-order valence-corrected chi connectivity index (χ4v) is 2.66. The van der Waals surface area contributed by atoms with E-state index in [1.54, 1.807) is 0 Å². The Bertz CT molecular complexity index is 677. The minimum absolute atomic E-state index is 0.00739. The number of ketones is 1. The monoisotopic (exact) mass is 265 g/mol. The summed E-state index contributed by atoms with van der Waals surface area (Å²) in [4.78, 5) is 23.4. The minimum atomic E-state index is -0.409. The maximum atomic E-state index is 12.3. The standard InChI is InChI=1S/C17H15NO2/c1-11(19)18-16-10-14-8-7-13(9-15(14)17(16)20)12-5-3-2-4-6-12/h2-9,16H,10H2,1H3,(H,18,19)/t16-/m0/s1. The number of fused-ring (bicyclic) bond motifs is 1. The fourth-order valence-electron chi connectivity index (χ4n) is 2.66. The van der Waals surface area contributed by atoms with Crippen molar-refractivity contribution in [2.45, 2.75) is 19.4 Å². The molecule has 20 heavy (non-hydrogen) atoms. The van der Waals surface area contributed by atoms with Gasteiger partial charge in [-0.25, -0.2) is 0 Å². The summed E-state index contributed by atoms with van der Waals surface area (Å²) in [7, 11) is 0. The SMILES string of the molecule is CC(=O)N[C@H]1Cc2ccc(-c3ccccc3)cc2C1=O. The lowest BCUT2D eigenvalue weighted by molar-refractivity contribution is -0.119. The Balaban J connectivity index is 1.95. The second kappa shape index (κ2) is 4.93. The van der Waals surface area contributed by atoms with Crippen LogP contribution in [0.15, 0.2) is 48.5 Å². The van der Waals surface area contributed by atoms with Crippen molar-refractivity contribution in [3.8, 4) is 11.1 Å². The van der Waals surface area contributed by atoms with Crippen LogP contribution in [0, 0.1) is 0 Å². The van der Waals surface area contributed by atoms with Crippen LogP contribution >= 0.6 is 0 Å². The van der Waals surface area contributed by atoms with Gasteiger partial charge in [0.15, 0.2) is 5.78 Å². The normalized spacial score (nSPS) is 16.9. The van der Waals surface area contributed by atoms with Gasteiger partial charge in [0.2, 0.25) is 5.91 Å².